The van der Waals surface area contributed by atoms with E-state index in [1.54, 1.807) is 6.92 Å². The first-order valence-corrected chi connectivity index (χ1v) is 7.91. The van der Waals surface area contributed by atoms with E-state index in [1.165, 1.54) is 12.1 Å². The summed E-state index contributed by atoms with van der Waals surface area (Å²) >= 11 is 0. The Morgan fingerprint density at radius 1 is 1.04 bits per heavy atom. The van der Waals surface area contributed by atoms with Gasteiger partial charge in [0, 0.05) is 18.7 Å². The van der Waals surface area contributed by atoms with Gasteiger partial charge in [-0.15, -0.1) is 0 Å². The molecule has 0 radical (unpaired) electrons. The Hall–Kier alpha value is -3.35. The van der Waals surface area contributed by atoms with Crippen LogP contribution in [-0.4, -0.2) is 15.9 Å². The van der Waals surface area contributed by atoms with E-state index in [2.05, 4.69) is 20.6 Å². The number of benzene rings is 2. The van der Waals surface area contributed by atoms with Crippen molar-refractivity contribution in [3.8, 4) is 0 Å². The van der Waals surface area contributed by atoms with Gasteiger partial charge in [-0.3, -0.25) is 4.79 Å². The number of anilines is 2. The van der Waals surface area contributed by atoms with Crippen LogP contribution in [0.3, 0.4) is 0 Å². The Kier molecular flexibility index (Phi) is 5.17. The van der Waals surface area contributed by atoms with Gasteiger partial charge < -0.3 is 10.6 Å². The van der Waals surface area contributed by atoms with Gasteiger partial charge in [0.05, 0.1) is 5.69 Å². The van der Waals surface area contributed by atoms with Crippen molar-refractivity contribution >= 4 is 17.4 Å². The van der Waals surface area contributed by atoms with Crippen LogP contribution in [0.5, 0.6) is 0 Å². The third-order valence-corrected chi connectivity index (χ3v) is 3.56. The van der Waals surface area contributed by atoms with Crippen LogP contribution in [-0.2, 0) is 6.54 Å². The van der Waals surface area contributed by atoms with E-state index in [4.69, 9.17) is 0 Å². The number of hydrogen-bond donors (Lipinski definition) is 2. The van der Waals surface area contributed by atoms with Crippen molar-refractivity contribution < 1.29 is 13.6 Å². The van der Waals surface area contributed by atoms with Crippen LogP contribution in [0.4, 0.5) is 20.3 Å². The normalized spacial score (nSPS) is 10.4. The predicted molar refractivity (Wildman–Crippen MR) is 94.0 cm³/mol. The fourth-order valence-electron chi connectivity index (χ4n) is 2.35. The van der Waals surface area contributed by atoms with E-state index in [0.29, 0.717) is 12.4 Å². The van der Waals surface area contributed by atoms with Crippen molar-refractivity contribution in [1.29, 1.82) is 0 Å². The molecule has 0 aliphatic rings. The third kappa shape index (κ3) is 4.38. The molecule has 0 unspecified atom stereocenters. The lowest BCUT2D eigenvalue weighted by Gasteiger charge is -2.10. The molecule has 0 saturated carbocycles. The fourth-order valence-corrected chi connectivity index (χ4v) is 2.35. The molecule has 0 aliphatic heterocycles. The summed E-state index contributed by atoms with van der Waals surface area (Å²) in [6.45, 7) is 1.98. The molecule has 26 heavy (non-hydrogen) atoms. The highest BCUT2D eigenvalue weighted by Gasteiger charge is 2.12. The van der Waals surface area contributed by atoms with E-state index < -0.39 is 11.6 Å². The number of rotatable bonds is 5. The minimum atomic E-state index is -0.753. The SMILES string of the molecule is Cc1nc(Nc2ccc(F)cc2F)cc(C(=O)NCc2ccccc2)n1. The smallest absolute Gasteiger partial charge is 0.270 e. The molecule has 0 aliphatic carbocycles. The molecule has 0 saturated heterocycles. The molecule has 1 aromatic heterocycles. The summed E-state index contributed by atoms with van der Waals surface area (Å²) in [7, 11) is 0. The van der Waals surface area contributed by atoms with Crippen molar-refractivity contribution in [3.63, 3.8) is 0 Å². The lowest BCUT2D eigenvalue weighted by atomic mass is 10.2. The number of carbonyl (C=O) groups excluding carboxylic acids is 1. The summed E-state index contributed by atoms with van der Waals surface area (Å²) in [6.07, 6.45) is 0. The van der Waals surface area contributed by atoms with E-state index in [9.17, 15) is 13.6 Å². The average Bonchev–Trinajstić information content (AvgIpc) is 2.62. The second-order valence-electron chi connectivity index (χ2n) is 5.60. The zero-order chi connectivity index (χ0) is 18.5. The number of aryl methyl sites for hydroxylation is 1. The maximum atomic E-state index is 13.8. The molecule has 2 aromatic carbocycles. The second kappa shape index (κ2) is 7.69. The van der Waals surface area contributed by atoms with Crippen molar-refractivity contribution in [2.24, 2.45) is 0 Å². The van der Waals surface area contributed by atoms with Gasteiger partial charge in [0.15, 0.2) is 0 Å². The summed E-state index contributed by atoms with van der Waals surface area (Å²) in [5.74, 6) is -1.21. The third-order valence-electron chi connectivity index (χ3n) is 3.56. The van der Waals surface area contributed by atoms with Gasteiger partial charge in [-0.2, -0.15) is 0 Å². The summed E-state index contributed by atoms with van der Waals surface area (Å²) < 4.78 is 26.8. The number of amides is 1. The predicted octanol–water partition coefficient (Wildman–Crippen LogP) is 3.74. The maximum absolute atomic E-state index is 13.8. The molecule has 0 atom stereocenters. The van der Waals surface area contributed by atoms with E-state index >= 15 is 0 Å². The topological polar surface area (TPSA) is 66.9 Å². The minimum absolute atomic E-state index is 0.0557. The Bertz CT molecular complexity index is 932. The van der Waals surface area contributed by atoms with Gasteiger partial charge in [0.2, 0.25) is 0 Å². The van der Waals surface area contributed by atoms with Crippen LogP contribution >= 0.6 is 0 Å². The summed E-state index contributed by atoms with van der Waals surface area (Å²) in [6, 6.07) is 14.0. The molecule has 0 fully saturated rings. The largest absolute Gasteiger partial charge is 0.347 e. The molecule has 132 valence electrons. The molecule has 0 spiro atoms. The number of halogens is 2. The standard InChI is InChI=1S/C19H16F2N4O/c1-12-23-17(19(26)22-11-13-5-3-2-4-6-13)10-18(24-12)25-16-8-7-14(20)9-15(16)21/h2-10H,11H2,1H3,(H,22,26)(H,23,24,25). The summed E-state index contributed by atoms with van der Waals surface area (Å²) in [5.41, 5.74) is 1.16. The maximum Gasteiger partial charge on any atom is 0.270 e. The van der Waals surface area contributed by atoms with Gasteiger partial charge in [-0.1, -0.05) is 30.3 Å². The summed E-state index contributed by atoms with van der Waals surface area (Å²) in [4.78, 5) is 20.6. The Balaban J connectivity index is 1.75. The lowest BCUT2D eigenvalue weighted by Crippen LogP contribution is -2.24. The van der Waals surface area contributed by atoms with E-state index in [1.807, 2.05) is 30.3 Å². The Morgan fingerprint density at radius 3 is 2.54 bits per heavy atom. The Labute approximate surface area is 149 Å². The quantitative estimate of drug-likeness (QED) is 0.733. The van der Waals surface area contributed by atoms with E-state index in [0.717, 1.165) is 17.7 Å². The molecule has 0 bridgehead atoms. The number of hydrogen-bond acceptors (Lipinski definition) is 4. The zero-order valence-corrected chi connectivity index (χ0v) is 14.0. The molecular weight excluding hydrogens is 338 g/mol. The Morgan fingerprint density at radius 2 is 1.81 bits per heavy atom. The highest BCUT2D eigenvalue weighted by Crippen LogP contribution is 2.20. The highest BCUT2D eigenvalue weighted by molar-refractivity contribution is 5.93. The van der Waals surface area contributed by atoms with Crippen LogP contribution in [0.1, 0.15) is 21.9 Å². The zero-order valence-electron chi connectivity index (χ0n) is 14.0. The molecule has 1 heterocycles. The second-order valence-corrected chi connectivity index (χ2v) is 5.60. The fraction of sp³-hybridized carbons (Fsp3) is 0.105. The number of nitrogens with zero attached hydrogens (tertiary/aromatic N) is 2. The molecule has 5 nitrogen and oxygen atoms in total. The molecule has 3 aromatic rings. The van der Waals surface area contributed by atoms with Crippen LogP contribution in [0.15, 0.2) is 54.6 Å². The van der Waals surface area contributed by atoms with Crippen molar-refractivity contribution in [1.82, 2.24) is 15.3 Å². The van der Waals surface area contributed by atoms with Gasteiger partial charge >= 0.3 is 0 Å². The van der Waals surface area contributed by atoms with Crippen LogP contribution < -0.4 is 10.6 Å². The van der Waals surface area contributed by atoms with Gasteiger partial charge in [-0.05, 0) is 24.6 Å². The monoisotopic (exact) mass is 354 g/mol. The van der Waals surface area contributed by atoms with Gasteiger partial charge in [-0.25, -0.2) is 18.7 Å². The molecule has 2 N–H and O–H groups in total. The van der Waals surface area contributed by atoms with Crippen molar-refractivity contribution in [3.05, 3.63) is 83.3 Å². The van der Waals surface area contributed by atoms with Crippen LogP contribution in [0, 0.1) is 18.6 Å². The van der Waals surface area contributed by atoms with Crippen LogP contribution in [0.25, 0.3) is 0 Å². The minimum Gasteiger partial charge on any atom is -0.347 e. The summed E-state index contributed by atoms with van der Waals surface area (Å²) in [5, 5.41) is 5.51. The first-order valence-electron chi connectivity index (χ1n) is 7.91. The van der Waals surface area contributed by atoms with Gasteiger partial charge in [0.25, 0.3) is 5.91 Å². The van der Waals surface area contributed by atoms with Gasteiger partial charge in [0.1, 0.15) is 29.0 Å². The lowest BCUT2D eigenvalue weighted by molar-refractivity contribution is 0.0945. The first-order chi connectivity index (χ1) is 12.5. The van der Waals surface area contributed by atoms with Crippen molar-refractivity contribution in [2.75, 3.05) is 5.32 Å². The molecule has 3 rings (SSSR count). The average molecular weight is 354 g/mol. The van der Waals surface area contributed by atoms with E-state index in [-0.39, 0.29) is 23.1 Å². The van der Waals surface area contributed by atoms with Crippen molar-refractivity contribution in [2.45, 2.75) is 13.5 Å². The molecule has 7 heteroatoms. The molecular formula is C19H16F2N4O. The molecule has 1 amide bonds. The number of nitrogens with one attached hydrogen (secondary N) is 2. The highest BCUT2D eigenvalue weighted by atomic mass is 19.1. The first kappa shape index (κ1) is 17.5. The van der Waals surface area contributed by atoms with Crippen LogP contribution in [0.2, 0.25) is 0 Å². The number of carbonyl (C=O) groups is 1. The number of aromatic nitrogens is 2.